The number of amides is 1. The molecule has 2 nitrogen and oxygen atoms in total. The Hall–Kier alpha value is -1.83. The largest absolute Gasteiger partial charge is 0.338 e. The van der Waals surface area contributed by atoms with Crippen molar-refractivity contribution in [2.45, 2.75) is 20.3 Å². The fraction of sp³-hybridized carbons (Fsp3) is 0.389. The van der Waals surface area contributed by atoms with Crippen LogP contribution in [0.3, 0.4) is 0 Å². The lowest BCUT2D eigenvalue weighted by atomic mass is 9.91. The van der Waals surface area contributed by atoms with Crippen molar-refractivity contribution in [2.24, 2.45) is 11.8 Å². The minimum absolute atomic E-state index is 0.181. The van der Waals surface area contributed by atoms with Crippen LogP contribution in [0.5, 0.6) is 0 Å². The van der Waals surface area contributed by atoms with Crippen LogP contribution >= 0.6 is 0 Å². The molecule has 2 heteroatoms. The Morgan fingerprint density at radius 3 is 2.40 bits per heavy atom. The molecule has 1 aliphatic rings. The van der Waals surface area contributed by atoms with Gasteiger partial charge in [-0.05, 0) is 35.1 Å². The topological polar surface area (TPSA) is 20.3 Å². The van der Waals surface area contributed by atoms with Crippen molar-refractivity contribution >= 4 is 16.7 Å². The lowest BCUT2D eigenvalue weighted by Gasteiger charge is -2.35. The van der Waals surface area contributed by atoms with Crippen molar-refractivity contribution in [3.05, 3.63) is 48.0 Å². The number of nitrogens with zero attached hydrogens (tertiary/aromatic N) is 1. The zero-order chi connectivity index (χ0) is 14.1. The second-order valence-corrected chi connectivity index (χ2v) is 6.18. The van der Waals surface area contributed by atoms with Gasteiger partial charge in [0.2, 0.25) is 0 Å². The maximum absolute atomic E-state index is 12.8. The zero-order valence-electron chi connectivity index (χ0n) is 12.2. The molecular weight excluding hydrogens is 246 g/mol. The number of piperidine rings is 1. The highest BCUT2D eigenvalue weighted by Gasteiger charge is 2.26. The molecule has 1 aliphatic heterocycles. The van der Waals surface area contributed by atoms with E-state index in [-0.39, 0.29) is 5.91 Å². The van der Waals surface area contributed by atoms with Gasteiger partial charge in [0.15, 0.2) is 0 Å². The summed E-state index contributed by atoms with van der Waals surface area (Å²) >= 11 is 0. The molecule has 1 fully saturated rings. The Kier molecular flexibility index (Phi) is 3.47. The van der Waals surface area contributed by atoms with E-state index in [0.717, 1.165) is 29.4 Å². The van der Waals surface area contributed by atoms with Gasteiger partial charge in [-0.15, -0.1) is 0 Å². The predicted molar refractivity (Wildman–Crippen MR) is 82.8 cm³/mol. The molecule has 2 aromatic rings. The van der Waals surface area contributed by atoms with Gasteiger partial charge in [-0.3, -0.25) is 4.79 Å². The van der Waals surface area contributed by atoms with E-state index in [1.165, 1.54) is 6.42 Å². The van der Waals surface area contributed by atoms with Gasteiger partial charge in [0.05, 0.1) is 0 Å². The molecule has 0 aliphatic carbocycles. The minimum Gasteiger partial charge on any atom is -0.338 e. The number of hydrogen-bond donors (Lipinski definition) is 0. The van der Waals surface area contributed by atoms with E-state index >= 15 is 0 Å². The van der Waals surface area contributed by atoms with Crippen LogP contribution in [0.2, 0.25) is 0 Å². The zero-order valence-corrected chi connectivity index (χ0v) is 12.2. The number of likely N-dealkylation sites (tertiary alicyclic amines) is 1. The molecule has 2 atom stereocenters. The van der Waals surface area contributed by atoms with Crippen LogP contribution in [-0.2, 0) is 0 Å². The van der Waals surface area contributed by atoms with Gasteiger partial charge in [0, 0.05) is 18.7 Å². The highest BCUT2D eigenvalue weighted by molar-refractivity contribution is 6.07. The van der Waals surface area contributed by atoms with E-state index in [9.17, 15) is 4.79 Å². The molecule has 0 unspecified atom stereocenters. The Labute approximate surface area is 120 Å². The summed E-state index contributed by atoms with van der Waals surface area (Å²) in [7, 11) is 0. The molecule has 0 radical (unpaired) electrons. The van der Waals surface area contributed by atoms with Gasteiger partial charge in [-0.25, -0.2) is 0 Å². The molecule has 3 rings (SSSR count). The van der Waals surface area contributed by atoms with E-state index in [1.54, 1.807) is 0 Å². The van der Waals surface area contributed by atoms with Crippen LogP contribution in [-0.4, -0.2) is 23.9 Å². The van der Waals surface area contributed by atoms with Gasteiger partial charge in [0.1, 0.15) is 0 Å². The Bertz CT molecular complexity index is 619. The smallest absolute Gasteiger partial charge is 0.254 e. The molecule has 2 aromatic carbocycles. The van der Waals surface area contributed by atoms with Crippen LogP contribution in [0.25, 0.3) is 10.8 Å². The molecule has 0 aromatic heterocycles. The molecule has 20 heavy (non-hydrogen) atoms. The van der Waals surface area contributed by atoms with Crippen molar-refractivity contribution in [3.8, 4) is 0 Å². The van der Waals surface area contributed by atoms with Gasteiger partial charge in [-0.1, -0.05) is 50.2 Å². The van der Waals surface area contributed by atoms with Crippen LogP contribution in [0.15, 0.2) is 42.5 Å². The highest BCUT2D eigenvalue weighted by Crippen LogP contribution is 2.25. The summed E-state index contributed by atoms with van der Waals surface area (Å²) in [5, 5.41) is 2.20. The van der Waals surface area contributed by atoms with Crippen molar-refractivity contribution < 1.29 is 4.79 Å². The van der Waals surface area contributed by atoms with Crippen LogP contribution in [0, 0.1) is 11.8 Å². The number of rotatable bonds is 1. The lowest BCUT2D eigenvalue weighted by molar-refractivity contribution is 0.0625. The van der Waals surface area contributed by atoms with Crippen LogP contribution in [0.4, 0.5) is 0 Å². The summed E-state index contributed by atoms with van der Waals surface area (Å²) in [6.07, 6.45) is 1.22. The first-order valence-corrected chi connectivity index (χ1v) is 7.42. The highest BCUT2D eigenvalue weighted by atomic mass is 16.2. The molecule has 0 bridgehead atoms. The first-order chi connectivity index (χ1) is 9.65. The maximum Gasteiger partial charge on any atom is 0.254 e. The summed E-state index contributed by atoms with van der Waals surface area (Å²) in [5.41, 5.74) is 0.837. The SMILES string of the molecule is C[C@H]1C[C@H](C)CN(C(=O)c2cccc3ccccc23)C1. The molecule has 0 N–H and O–H groups in total. The fourth-order valence-electron chi connectivity index (χ4n) is 3.41. The Morgan fingerprint density at radius 2 is 1.65 bits per heavy atom. The van der Waals surface area contributed by atoms with Crippen molar-refractivity contribution in [1.82, 2.24) is 4.90 Å². The van der Waals surface area contributed by atoms with Crippen LogP contribution < -0.4 is 0 Å². The van der Waals surface area contributed by atoms with Gasteiger partial charge in [-0.2, -0.15) is 0 Å². The third-order valence-electron chi connectivity index (χ3n) is 4.18. The fourth-order valence-corrected chi connectivity index (χ4v) is 3.41. The minimum atomic E-state index is 0.181. The summed E-state index contributed by atoms with van der Waals surface area (Å²) < 4.78 is 0. The Balaban J connectivity index is 1.96. The summed E-state index contributed by atoms with van der Waals surface area (Å²) in [6, 6.07) is 14.1. The molecule has 104 valence electrons. The first kappa shape index (κ1) is 13.2. The predicted octanol–water partition coefficient (Wildman–Crippen LogP) is 3.96. The van der Waals surface area contributed by atoms with E-state index in [0.29, 0.717) is 11.8 Å². The first-order valence-electron chi connectivity index (χ1n) is 7.42. The number of fused-ring (bicyclic) bond motifs is 1. The summed E-state index contributed by atoms with van der Waals surface area (Å²) in [5.74, 6) is 1.37. The molecular formula is C18H21NO. The third kappa shape index (κ3) is 2.43. The number of hydrogen-bond acceptors (Lipinski definition) is 1. The van der Waals surface area contributed by atoms with Gasteiger partial charge in [0.25, 0.3) is 5.91 Å². The maximum atomic E-state index is 12.8. The average Bonchev–Trinajstić information content (AvgIpc) is 2.45. The van der Waals surface area contributed by atoms with Crippen molar-refractivity contribution in [3.63, 3.8) is 0 Å². The monoisotopic (exact) mass is 267 g/mol. The Morgan fingerprint density at radius 1 is 1.00 bits per heavy atom. The molecule has 0 saturated carbocycles. The van der Waals surface area contributed by atoms with E-state index in [1.807, 2.05) is 35.2 Å². The molecule has 1 saturated heterocycles. The number of carbonyl (C=O) groups excluding carboxylic acids is 1. The van der Waals surface area contributed by atoms with Gasteiger partial charge >= 0.3 is 0 Å². The third-order valence-corrected chi connectivity index (χ3v) is 4.18. The second kappa shape index (κ2) is 5.28. The number of benzene rings is 2. The van der Waals surface area contributed by atoms with Gasteiger partial charge < -0.3 is 4.90 Å². The molecule has 0 spiro atoms. The second-order valence-electron chi connectivity index (χ2n) is 6.18. The van der Waals surface area contributed by atoms with E-state index in [4.69, 9.17) is 0 Å². The lowest BCUT2D eigenvalue weighted by Crippen LogP contribution is -2.42. The number of carbonyl (C=O) groups is 1. The van der Waals surface area contributed by atoms with Crippen molar-refractivity contribution in [2.75, 3.05) is 13.1 Å². The summed E-state index contributed by atoms with van der Waals surface area (Å²) in [6.45, 7) is 6.23. The van der Waals surface area contributed by atoms with E-state index in [2.05, 4.69) is 26.0 Å². The van der Waals surface area contributed by atoms with Crippen LogP contribution in [0.1, 0.15) is 30.6 Å². The van der Waals surface area contributed by atoms with E-state index < -0.39 is 0 Å². The quantitative estimate of drug-likeness (QED) is 0.766. The molecule has 1 heterocycles. The average molecular weight is 267 g/mol. The summed E-state index contributed by atoms with van der Waals surface area (Å²) in [4.78, 5) is 14.9. The standard InChI is InChI=1S/C18H21NO/c1-13-10-14(2)12-19(11-13)18(20)17-9-5-7-15-6-3-4-8-16(15)17/h3-9,13-14H,10-12H2,1-2H3/t13-,14-/m0/s1. The normalized spacial score (nSPS) is 23.0. The molecule has 1 amide bonds. The van der Waals surface area contributed by atoms with Crippen molar-refractivity contribution in [1.29, 1.82) is 0 Å².